The molecule has 3 aliphatic rings. The minimum Gasteiger partial charge on any atom is -0.329 e. The first-order chi connectivity index (χ1) is 13.7. The fourth-order valence-electron chi connectivity index (χ4n) is 4.20. The van der Waals surface area contributed by atoms with Crippen molar-refractivity contribution in [2.24, 2.45) is 11.8 Å². The molecule has 1 aliphatic carbocycles. The van der Waals surface area contributed by atoms with Crippen LogP contribution in [0.4, 0.5) is 0 Å². The number of aromatic nitrogens is 1. The predicted molar refractivity (Wildman–Crippen MR) is 119 cm³/mol. The van der Waals surface area contributed by atoms with Gasteiger partial charge in [0.25, 0.3) is 0 Å². The summed E-state index contributed by atoms with van der Waals surface area (Å²) in [7, 11) is 0. The van der Waals surface area contributed by atoms with Crippen molar-refractivity contribution in [2.45, 2.75) is 52.9 Å². The van der Waals surface area contributed by atoms with E-state index in [-0.39, 0.29) is 5.56 Å². The number of pyridine rings is 1. The van der Waals surface area contributed by atoms with E-state index in [9.17, 15) is 4.79 Å². The van der Waals surface area contributed by atoms with E-state index < -0.39 is 0 Å². The molecule has 0 aromatic carbocycles. The van der Waals surface area contributed by atoms with Crippen molar-refractivity contribution in [2.75, 3.05) is 52.4 Å². The minimum atomic E-state index is -0.0370. The molecule has 1 aromatic heterocycles. The molecule has 2 saturated heterocycles. The fraction of sp³-hybridized carbons (Fsp3) is 0.783. The zero-order valence-corrected chi connectivity index (χ0v) is 18.4. The third-order valence-electron chi connectivity index (χ3n) is 6.10. The van der Waals surface area contributed by atoms with E-state index in [1.54, 1.807) is 12.3 Å². The van der Waals surface area contributed by atoms with Crippen LogP contribution in [0.15, 0.2) is 23.1 Å². The predicted octanol–water partition coefficient (Wildman–Crippen LogP) is 3.11. The van der Waals surface area contributed by atoms with Crippen LogP contribution in [-0.4, -0.2) is 67.1 Å². The van der Waals surface area contributed by atoms with Crippen LogP contribution in [0.25, 0.3) is 0 Å². The SMILES string of the molecule is C1CC(CN2CCC(CN3CCNCC3)CC2)C1.CC.Cc1cc[nH]c(=O)c1. The lowest BCUT2D eigenvalue weighted by atomic mass is 9.84. The molecule has 0 bridgehead atoms. The molecule has 1 saturated carbocycles. The molecule has 2 aliphatic heterocycles. The third kappa shape index (κ3) is 8.46. The number of likely N-dealkylation sites (tertiary alicyclic amines) is 1. The molecule has 3 fully saturated rings. The van der Waals surface area contributed by atoms with Crippen LogP contribution in [0.3, 0.4) is 0 Å². The van der Waals surface area contributed by atoms with Crippen molar-refractivity contribution in [1.82, 2.24) is 20.1 Å². The summed E-state index contributed by atoms with van der Waals surface area (Å²) in [5.74, 6) is 2.02. The van der Waals surface area contributed by atoms with Crippen LogP contribution in [0.1, 0.15) is 51.5 Å². The van der Waals surface area contributed by atoms with Gasteiger partial charge in [-0.1, -0.05) is 20.3 Å². The summed E-state index contributed by atoms with van der Waals surface area (Å²) in [4.78, 5) is 18.4. The maximum absolute atomic E-state index is 10.4. The molecule has 160 valence electrons. The highest BCUT2D eigenvalue weighted by Crippen LogP contribution is 2.28. The summed E-state index contributed by atoms with van der Waals surface area (Å²) in [6, 6.07) is 3.40. The van der Waals surface area contributed by atoms with E-state index in [1.165, 1.54) is 84.5 Å². The van der Waals surface area contributed by atoms with Gasteiger partial charge < -0.3 is 20.1 Å². The Bertz CT molecular complexity index is 570. The second-order valence-corrected chi connectivity index (χ2v) is 8.32. The molecule has 0 unspecified atom stereocenters. The standard InChI is InChI=1S/C15H29N3.C6H7NO.C2H6/c1-2-14(3-1)12-17-8-4-15(5-9-17)13-18-10-6-16-7-11-18;1-5-2-3-7-6(8)4-5;1-2/h14-16H,1-13H2;2-4H,1H3,(H,7,8);1-2H3. The fourth-order valence-corrected chi connectivity index (χ4v) is 4.20. The number of piperazine rings is 1. The Morgan fingerprint density at radius 1 is 0.929 bits per heavy atom. The lowest BCUT2D eigenvalue weighted by Gasteiger charge is -2.39. The Balaban J connectivity index is 0.000000236. The van der Waals surface area contributed by atoms with E-state index in [1.807, 2.05) is 26.8 Å². The van der Waals surface area contributed by atoms with Gasteiger partial charge in [0.15, 0.2) is 0 Å². The van der Waals surface area contributed by atoms with Gasteiger partial charge in [0.05, 0.1) is 0 Å². The van der Waals surface area contributed by atoms with Gasteiger partial charge in [0, 0.05) is 51.5 Å². The van der Waals surface area contributed by atoms with Crippen LogP contribution in [0, 0.1) is 18.8 Å². The van der Waals surface area contributed by atoms with Crippen molar-refractivity contribution >= 4 is 0 Å². The first-order valence-corrected chi connectivity index (χ1v) is 11.5. The maximum atomic E-state index is 10.4. The Kier molecular flexibility index (Phi) is 10.8. The second kappa shape index (κ2) is 13.1. The lowest BCUT2D eigenvalue weighted by Crippen LogP contribution is -2.47. The van der Waals surface area contributed by atoms with Gasteiger partial charge in [-0.25, -0.2) is 0 Å². The molecule has 1 aromatic rings. The van der Waals surface area contributed by atoms with Crippen molar-refractivity contribution < 1.29 is 0 Å². The molecule has 4 rings (SSSR count). The summed E-state index contributed by atoms with van der Waals surface area (Å²) in [5.41, 5.74) is 0.957. The highest BCUT2D eigenvalue weighted by Gasteiger charge is 2.25. The van der Waals surface area contributed by atoms with Gasteiger partial charge in [0.1, 0.15) is 0 Å². The van der Waals surface area contributed by atoms with Crippen molar-refractivity contribution in [3.8, 4) is 0 Å². The van der Waals surface area contributed by atoms with Crippen molar-refractivity contribution in [3.05, 3.63) is 34.2 Å². The molecule has 2 N–H and O–H groups in total. The van der Waals surface area contributed by atoms with E-state index in [4.69, 9.17) is 0 Å². The molecule has 0 radical (unpaired) electrons. The quantitative estimate of drug-likeness (QED) is 0.829. The number of piperidine rings is 1. The second-order valence-electron chi connectivity index (χ2n) is 8.32. The van der Waals surface area contributed by atoms with Crippen LogP contribution in [-0.2, 0) is 0 Å². The minimum absolute atomic E-state index is 0.0370. The van der Waals surface area contributed by atoms with Gasteiger partial charge in [-0.2, -0.15) is 0 Å². The van der Waals surface area contributed by atoms with E-state index >= 15 is 0 Å². The van der Waals surface area contributed by atoms with Crippen LogP contribution in [0.2, 0.25) is 0 Å². The normalized spacial score (nSPS) is 21.7. The number of aryl methyl sites for hydroxylation is 1. The van der Waals surface area contributed by atoms with Gasteiger partial charge in [-0.15, -0.1) is 0 Å². The summed E-state index contributed by atoms with van der Waals surface area (Å²) >= 11 is 0. The highest BCUT2D eigenvalue weighted by atomic mass is 16.1. The number of hydrogen-bond donors (Lipinski definition) is 2. The van der Waals surface area contributed by atoms with Crippen LogP contribution < -0.4 is 10.9 Å². The first-order valence-electron chi connectivity index (χ1n) is 11.5. The molecular formula is C23H42N4O. The van der Waals surface area contributed by atoms with Gasteiger partial charge in [-0.05, 0) is 69.2 Å². The molecule has 5 heteroatoms. The highest BCUT2D eigenvalue weighted by molar-refractivity contribution is 5.06. The molecule has 28 heavy (non-hydrogen) atoms. The summed E-state index contributed by atoms with van der Waals surface area (Å²) in [6.07, 6.45) is 9.01. The zero-order chi connectivity index (χ0) is 20.2. The topological polar surface area (TPSA) is 51.4 Å². The average Bonchev–Trinajstić information content (AvgIpc) is 2.69. The number of aromatic amines is 1. The average molecular weight is 391 g/mol. The van der Waals surface area contributed by atoms with Gasteiger partial charge >= 0.3 is 0 Å². The van der Waals surface area contributed by atoms with E-state index in [0.717, 1.165) is 17.4 Å². The Hall–Kier alpha value is -1.17. The summed E-state index contributed by atoms with van der Waals surface area (Å²) in [5, 5.41) is 3.44. The Labute approximate surface area is 171 Å². The van der Waals surface area contributed by atoms with E-state index in [0.29, 0.717) is 0 Å². The molecule has 3 heterocycles. The first kappa shape index (κ1) is 23.1. The molecular weight excluding hydrogens is 348 g/mol. The summed E-state index contributed by atoms with van der Waals surface area (Å²) in [6.45, 7) is 16.3. The van der Waals surface area contributed by atoms with Crippen LogP contribution in [0.5, 0.6) is 0 Å². The van der Waals surface area contributed by atoms with Crippen molar-refractivity contribution in [3.63, 3.8) is 0 Å². The lowest BCUT2D eigenvalue weighted by molar-refractivity contribution is 0.108. The largest absolute Gasteiger partial charge is 0.329 e. The Morgan fingerprint density at radius 3 is 1.96 bits per heavy atom. The van der Waals surface area contributed by atoms with E-state index in [2.05, 4.69) is 20.1 Å². The molecule has 5 nitrogen and oxygen atoms in total. The Morgan fingerprint density at radius 2 is 1.50 bits per heavy atom. The molecule has 0 atom stereocenters. The summed E-state index contributed by atoms with van der Waals surface area (Å²) < 4.78 is 0. The third-order valence-corrected chi connectivity index (χ3v) is 6.10. The number of nitrogens with zero attached hydrogens (tertiary/aromatic N) is 2. The molecule has 0 amide bonds. The number of rotatable bonds is 4. The monoisotopic (exact) mass is 390 g/mol. The van der Waals surface area contributed by atoms with Gasteiger partial charge in [-0.3, -0.25) is 4.79 Å². The zero-order valence-electron chi connectivity index (χ0n) is 18.4. The number of hydrogen-bond acceptors (Lipinski definition) is 4. The number of H-pyrrole nitrogens is 1. The molecule has 0 spiro atoms. The smallest absolute Gasteiger partial charge is 0.248 e. The van der Waals surface area contributed by atoms with Gasteiger partial charge in [0.2, 0.25) is 5.56 Å². The van der Waals surface area contributed by atoms with Crippen molar-refractivity contribution in [1.29, 1.82) is 0 Å². The maximum Gasteiger partial charge on any atom is 0.248 e. The number of nitrogens with one attached hydrogen (secondary N) is 2. The van der Waals surface area contributed by atoms with Crippen LogP contribution >= 0.6 is 0 Å².